The van der Waals surface area contributed by atoms with Gasteiger partial charge in [-0.1, -0.05) is 11.8 Å². The topological polar surface area (TPSA) is 93.8 Å². The number of sulfone groups is 1. The second-order valence-electron chi connectivity index (χ2n) is 6.94. The number of aryl methyl sites for hydroxylation is 1. The Balaban J connectivity index is 2.02. The number of nitriles is 1. The lowest BCUT2D eigenvalue weighted by molar-refractivity contribution is -0.116. The number of hydrogen-bond donors (Lipinski definition) is 0. The maximum atomic E-state index is 12.2. The Hall–Kier alpha value is -2.05. The van der Waals surface area contributed by atoms with Crippen molar-refractivity contribution in [3.05, 3.63) is 23.8 Å². The van der Waals surface area contributed by atoms with Gasteiger partial charge in [-0.2, -0.15) is 10.3 Å². The highest BCUT2D eigenvalue weighted by Crippen LogP contribution is 2.42. The van der Waals surface area contributed by atoms with Crippen molar-refractivity contribution in [1.29, 1.82) is 5.26 Å². The van der Waals surface area contributed by atoms with E-state index in [0.717, 1.165) is 30.0 Å². The second-order valence-corrected chi connectivity index (χ2v) is 10.3. The quantitative estimate of drug-likeness (QED) is 0.722. The van der Waals surface area contributed by atoms with E-state index in [2.05, 4.69) is 29.8 Å². The molecule has 2 heterocycles. The molecule has 150 valence electrons. The van der Waals surface area contributed by atoms with Crippen molar-refractivity contribution < 1.29 is 13.2 Å². The molecule has 0 N–H and O–H groups in total. The molecule has 0 aromatic heterocycles. The summed E-state index contributed by atoms with van der Waals surface area (Å²) in [6.45, 7) is 7.98. The van der Waals surface area contributed by atoms with E-state index >= 15 is 0 Å². The molecule has 2 atom stereocenters. The van der Waals surface area contributed by atoms with Crippen LogP contribution in [0.5, 0.6) is 0 Å². The Kier molecular flexibility index (Phi) is 6.01. The Morgan fingerprint density at radius 3 is 2.68 bits per heavy atom. The largest absolute Gasteiger partial charge is 0.372 e. The normalized spacial score (nSPS) is 24.2. The van der Waals surface area contributed by atoms with Crippen LogP contribution in [0.1, 0.15) is 25.8 Å². The molecule has 7 nitrogen and oxygen atoms in total. The van der Waals surface area contributed by atoms with Crippen molar-refractivity contribution >= 4 is 44.0 Å². The van der Waals surface area contributed by atoms with Gasteiger partial charge in [0.1, 0.15) is 6.42 Å². The minimum absolute atomic E-state index is 0.0490. The lowest BCUT2D eigenvalue weighted by atomic mass is 10.1. The van der Waals surface area contributed by atoms with Gasteiger partial charge >= 0.3 is 0 Å². The number of rotatable bonds is 5. The minimum atomic E-state index is -3.11. The third-order valence-corrected chi connectivity index (χ3v) is 8.30. The number of carbonyl (C=O) groups excluding carboxylic acids is 1. The number of aliphatic imine (C=N–C) groups is 1. The van der Waals surface area contributed by atoms with Crippen molar-refractivity contribution in [2.75, 3.05) is 34.4 Å². The summed E-state index contributed by atoms with van der Waals surface area (Å²) in [6, 6.07) is 7.64. The first-order valence-electron chi connectivity index (χ1n) is 9.30. The van der Waals surface area contributed by atoms with Crippen LogP contribution in [0.25, 0.3) is 0 Å². The van der Waals surface area contributed by atoms with Crippen LogP contribution in [0.2, 0.25) is 0 Å². The predicted molar refractivity (Wildman–Crippen MR) is 114 cm³/mol. The van der Waals surface area contributed by atoms with Gasteiger partial charge in [-0.25, -0.2) is 8.42 Å². The third kappa shape index (κ3) is 4.03. The first-order chi connectivity index (χ1) is 13.3. The first kappa shape index (κ1) is 20.7. The molecule has 2 fully saturated rings. The molecule has 9 heteroatoms. The predicted octanol–water partition coefficient (Wildman–Crippen LogP) is 2.36. The molecule has 0 bridgehead atoms. The summed E-state index contributed by atoms with van der Waals surface area (Å²) in [7, 11) is -3.11. The lowest BCUT2D eigenvalue weighted by Gasteiger charge is -2.28. The smallest absolute Gasteiger partial charge is 0.262 e. The molecule has 0 saturated carbocycles. The van der Waals surface area contributed by atoms with Gasteiger partial charge in [0.25, 0.3) is 5.91 Å². The Morgan fingerprint density at radius 1 is 1.36 bits per heavy atom. The summed E-state index contributed by atoms with van der Waals surface area (Å²) in [5.41, 5.74) is 2.96. The summed E-state index contributed by atoms with van der Waals surface area (Å²) < 4.78 is 24.3. The van der Waals surface area contributed by atoms with E-state index in [1.807, 2.05) is 30.0 Å². The van der Waals surface area contributed by atoms with Crippen molar-refractivity contribution in [1.82, 2.24) is 0 Å². The molecule has 1 amide bonds. The van der Waals surface area contributed by atoms with E-state index < -0.39 is 15.7 Å². The van der Waals surface area contributed by atoms with E-state index in [-0.39, 0.29) is 29.2 Å². The SMILES string of the molecule is CCN(CC)c1ccc(N2C(=NC(=O)CC#N)S[C@@H]3CS(=O)(=O)C[C@H]32)c(C)c1. The van der Waals surface area contributed by atoms with E-state index in [1.165, 1.54) is 11.8 Å². The molecule has 0 radical (unpaired) electrons. The number of thioether (sulfide) groups is 1. The fourth-order valence-electron chi connectivity index (χ4n) is 3.76. The number of carbonyl (C=O) groups is 1. The maximum absolute atomic E-state index is 12.2. The number of anilines is 2. The van der Waals surface area contributed by atoms with Crippen LogP contribution in [0.3, 0.4) is 0 Å². The molecule has 3 rings (SSSR count). The first-order valence-corrected chi connectivity index (χ1v) is 12.0. The Morgan fingerprint density at radius 2 is 2.07 bits per heavy atom. The summed E-state index contributed by atoms with van der Waals surface area (Å²) in [5.74, 6) is -0.371. The average Bonchev–Trinajstić information content (AvgIpc) is 3.08. The van der Waals surface area contributed by atoms with Crippen LogP contribution in [0.15, 0.2) is 23.2 Å². The summed E-state index contributed by atoms with van der Waals surface area (Å²) in [4.78, 5) is 20.2. The van der Waals surface area contributed by atoms with E-state index in [4.69, 9.17) is 5.26 Å². The highest BCUT2D eigenvalue weighted by atomic mass is 32.2. The van der Waals surface area contributed by atoms with Gasteiger partial charge in [-0.3, -0.25) is 4.79 Å². The van der Waals surface area contributed by atoms with Crippen LogP contribution in [0, 0.1) is 18.3 Å². The lowest BCUT2D eigenvalue weighted by Crippen LogP contribution is -2.38. The molecular formula is C19H24N4O3S2. The number of fused-ring (bicyclic) bond motifs is 1. The van der Waals surface area contributed by atoms with Crippen LogP contribution in [0.4, 0.5) is 11.4 Å². The Bertz CT molecular complexity index is 948. The van der Waals surface area contributed by atoms with Gasteiger partial charge < -0.3 is 9.80 Å². The third-order valence-electron chi connectivity index (χ3n) is 5.09. The number of nitrogens with zero attached hydrogens (tertiary/aromatic N) is 4. The van der Waals surface area contributed by atoms with Crippen LogP contribution in [-0.4, -0.2) is 55.4 Å². The zero-order valence-corrected chi connectivity index (χ0v) is 17.9. The second kappa shape index (κ2) is 8.13. The Labute approximate surface area is 170 Å². The number of amidine groups is 1. The zero-order chi connectivity index (χ0) is 20.5. The molecule has 0 unspecified atom stereocenters. The average molecular weight is 421 g/mol. The maximum Gasteiger partial charge on any atom is 0.262 e. The standard InChI is InChI=1S/C19H24N4O3S2/c1-4-22(5-2)14-6-7-15(13(3)10-14)23-16-11-28(25,26)12-17(16)27-19(23)21-18(24)8-9-20/h6-7,10,16-17H,4-5,8,11-12H2,1-3H3/t16-,17-/m1/s1. The monoisotopic (exact) mass is 420 g/mol. The molecule has 2 saturated heterocycles. The van der Waals surface area contributed by atoms with E-state index in [1.54, 1.807) is 0 Å². The highest BCUT2D eigenvalue weighted by Gasteiger charge is 2.49. The van der Waals surface area contributed by atoms with E-state index in [9.17, 15) is 13.2 Å². The van der Waals surface area contributed by atoms with Gasteiger partial charge in [0.05, 0.1) is 23.6 Å². The summed E-state index contributed by atoms with van der Waals surface area (Å²) in [5, 5.41) is 9.09. The molecule has 0 aliphatic carbocycles. The fraction of sp³-hybridized carbons (Fsp3) is 0.526. The molecule has 28 heavy (non-hydrogen) atoms. The number of benzene rings is 1. The van der Waals surface area contributed by atoms with Crippen LogP contribution < -0.4 is 9.80 Å². The molecule has 0 spiro atoms. The summed E-state index contributed by atoms with van der Waals surface area (Å²) in [6.07, 6.45) is -0.286. The number of hydrogen-bond acceptors (Lipinski definition) is 6. The van der Waals surface area contributed by atoms with Gasteiger partial charge in [-0.05, 0) is 44.5 Å². The van der Waals surface area contributed by atoms with Crippen molar-refractivity contribution in [3.8, 4) is 6.07 Å². The van der Waals surface area contributed by atoms with Crippen molar-refractivity contribution in [2.45, 2.75) is 38.5 Å². The molecule has 2 aliphatic rings. The highest BCUT2D eigenvalue weighted by molar-refractivity contribution is 8.16. The van der Waals surface area contributed by atoms with Gasteiger partial charge in [0, 0.05) is 29.7 Å². The number of amides is 1. The van der Waals surface area contributed by atoms with Crippen LogP contribution >= 0.6 is 11.8 Å². The zero-order valence-electron chi connectivity index (χ0n) is 16.3. The summed E-state index contributed by atoms with van der Waals surface area (Å²) >= 11 is 1.32. The fourth-order valence-corrected chi connectivity index (χ4v) is 7.68. The minimum Gasteiger partial charge on any atom is -0.372 e. The molecular weight excluding hydrogens is 396 g/mol. The van der Waals surface area contributed by atoms with Gasteiger partial charge in [-0.15, -0.1) is 0 Å². The van der Waals surface area contributed by atoms with Crippen molar-refractivity contribution in [2.24, 2.45) is 4.99 Å². The van der Waals surface area contributed by atoms with Gasteiger partial charge in [0.2, 0.25) is 0 Å². The molecule has 1 aromatic carbocycles. The van der Waals surface area contributed by atoms with E-state index in [0.29, 0.717) is 5.17 Å². The molecule has 1 aromatic rings. The van der Waals surface area contributed by atoms with Gasteiger partial charge in [0.15, 0.2) is 15.0 Å². The van der Waals surface area contributed by atoms with Crippen LogP contribution in [-0.2, 0) is 14.6 Å². The molecule has 2 aliphatic heterocycles. The van der Waals surface area contributed by atoms with Crippen molar-refractivity contribution in [3.63, 3.8) is 0 Å².